The van der Waals surface area contributed by atoms with Gasteiger partial charge in [-0.2, -0.15) is 0 Å². The van der Waals surface area contributed by atoms with E-state index in [1.54, 1.807) is 11.1 Å². The van der Waals surface area contributed by atoms with Crippen LogP contribution in [0, 0.1) is 11.8 Å². The summed E-state index contributed by atoms with van der Waals surface area (Å²) in [4.78, 5) is 2.56. The van der Waals surface area contributed by atoms with Crippen LogP contribution >= 0.6 is 0 Å². The van der Waals surface area contributed by atoms with Crippen LogP contribution in [0.25, 0.3) is 33.4 Å². The van der Waals surface area contributed by atoms with Crippen LogP contribution in [0.5, 0.6) is 0 Å². The number of anilines is 3. The molecule has 2 fully saturated rings. The number of hydrogen-bond donors (Lipinski definition) is 0. The summed E-state index contributed by atoms with van der Waals surface area (Å²) in [6.45, 7) is 18.9. The van der Waals surface area contributed by atoms with Crippen molar-refractivity contribution in [3.63, 3.8) is 0 Å². The Bertz CT molecular complexity index is 2470. The highest BCUT2D eigenvalue weighted by molar-refractivity contribution is 5.90. The second kappa shape index (κ2) is 11.8. The average Bonchev–Trinajstić information content (AvgIpc) is 3.91. The summed E-state index contributed by atoms with van der Waals surface area (Å²) in [6, 6.07) is 49.5. The molecule has 2 saturated carbocycles. The van der Waals surface area contributed by atoms with Gasteiger partial charge in [0.05, 0.1) is 0 Å². The molecule has 10 rings (SSSR count). The number of benzene rings is 6. The van der Waals surface area contributed by atoms with Crippen LogP contribution in [0.15, 0.2) is 127 Å². The molecule has 1 spiro atoms. The van der Waals surface area contributed by atoms with E-state index in [0.29, 0.717) is 0 Å². The summed E-state index contributed by atoms with van der Waals surface area (Å²) in [7, 11) is 0. The molecule has 6 aromatic carbocycles. The Kier molecular flexibility index (Phi) is 7.43. The fourth-order valence-electron chi connectivity index (χ4n) is 11.4. The maximum Gasteiger partial charge on any atom is 0.0467 e. The summed E-state index contributed by atoms with van der Waals surface area (Å²) in [5.41, 5.74) is 20.7. The molecule has 0 amide bonds. The van der Waals surface area contributed by atoms with E-state index in [0.717, 1.165) is 11.8 Å². The topological polar surface area (TPSA) is 3.24 Å². The quantitative estimate of drug-likeness (QED) is 0.175. The molecule has 3 unspecified atom stereocenters. The lowest BCUT2D eigenvalue weighted by Gasteiger charge is -2.37. The first kappa shape index (κ1) is 34.6. The fraction of sp³-hybridized carbons (Fsp3) is 0.333. The molecule has 276 valence electrons. The van der Waals surface area contributed by atoms with Crippen LogP contribution in [-0.4, -0.2) is 0 Å². The van der Waals surface area contributed by atoms with Crippen LogP contribution in [-0.2, 0) is 21.7 Å². The minimum absolute atomic E-state index is 0.0102. The number of hydrogen-bond acceptors (Lipinski definition) is 1. The molecule has 55 heavy (non-hydrogen) atoms. The van der Waals surface area contributed by atoms with Gasteiger partial charge in [-0.05, 0) is 145 Å². The van der Waals surface area contributed by atoms with Crippen LogP contribution in [0.2, 0.25) is 0 Å². The Balaban J connectivity index is 1.15. The molecule has 4 aliphatic carbocycles. The standard InChI is InChI=1S/C54H55N/c1-51(2,3)37-29-38(52(4,5)6)31-41(30-37)55(40-26-27-45-43-14-10-12-19-48(43)54(49(45)32-40)33-34-20-23-36(54)28-34)39-24-21-35(22-25-39)42-16-13-17-46-44-15-9-11-18-47(44)53(7,8)50(42)46/h9-19,21-22,24-27,29-32,34,36H,20,23,28,33H2,1-8H3. The third-order valence-electron chi connectivity index (χ3n) is 14.2. The first-order valence-electron chi connectivity index (χ1n) is 20.8. The largest absolute Gasteiger partial charge is 0.310 e. The SMILES string of the molecule is CC(C)(C)c1cc(N(c2ccc(-c3cccc4c3C(C)(C)c3ccccc3-4)cc2)c2ccc3c(c2)C2(CC4CCC2C4)c2ccccc2-3)cc(C(C)(C)C)c1. The Morgan fingerprint density at radius 1 is 0.509 bits per heavy atom. The highest BCUT2D eigenvalue weighted by Crippen LogP contribution is 2.66. The van der Waals surface area contributed by atoms with Gasteiger partial charge in [-0.3, -0.25) is 0 Å². The summed E-state index contributed by atoms with van der Waals surface area (Å²) in [5, 5.41) is 0. The third kappa shape index (κ3) is 5.11. The molecule has 0 heterocycles. The van der Waals surface area contributed by atoms with Crippen LogP contribution in [0.3, 0.4) is 0 Å². The zero-order valence-corrected chi connectivity index (χ0v) is 34.1. The summed E-state index contributed by atoms with van der Waals surface area (Å²) in [5.74, 6) is 1.56. The molecule has 3 atom stereocenters. The molecule has 0 radical (unpaired) electrons. The van der Waals surface area contributed by atoms with Gasteiger partial charge in [-0.1, -0.05) is 153 Å². The van der Waals surface area contributed by atoms with Gasteiger partial charge in [-0.15, -0.1) is 0 Å². The lowest BCUT2D eigenvalue weighted by Crippen LogP contribution is -2.32. The first-order valence-corrected chi connectivity index (χ1v) is 20.8. The van der Waals surface area contributed by atoms with Crippen molar-refractivity contribution in [2.75, 3.05) is 4.90 Å². The fourth-order valence-corrected chi connectivity index (χ4v) is 11.4. The Hall–Kier alpha value is -4.88. The van der Waals surface area contributed by atoms with Crippen molar-refractivity contribution in [2.24, 2.45) is 11.8 Å². The van der Waals surface area contributed by atoms with Crippen molar-refractivity contribution in [3.8, 4) is 33.4 Å². The molecule has 1 nitrogen and oxygen atoms in total. The van der Waals surface area contributed by atoms with E-state index in [1.807, 2.05) is 0 Å². The lowest BCUT2D eigenvalue weighted by atomic mass is 9.67. The molecule has 0 N–H and O–H groups in total. The van der Waals surface area contributed by atoms with Gasteiger partial charge in [0.2, 0.25) is 0 Å². The number of nitrogens with zero attached hydrogens (tertiary/aromatic N) is 1. The maximum absolute atomic E-state index is 2.61. The van der Waals surface area contributed by atoms with Crippen LogP contribution in [0.4, 0.5) is 17.1 Å². The first-order chi connectivity index (χ1) is 26.2. The maximum atomic E-state index is 2.61. The molecule has 0 aliphatic heterocycles. The van der Waals surface area contributed by atoms with E-state index in [1.165, 1.54) is 98.4 Å². The van der Waals surface area contributed by atoms with Crippen molar-refractivity contribution in [1.82, 2.24) is 0 Å². The Morgan fingerprint density at radius 3 is 1.73 bits per heavy atom. The normalized spacial score (nSPS) is 21.4. The predicted molar refractivity (Wildman–Crippen MR) is 233 cm³/mol. The average molecular weight is 718 g/mol. The second-order valence-electron chi connectivity index (χ2n) is 19.9. The van der Waals surface area contributed by atoms with Gasteiger partial charge in [0.25, 0.3) is 0 Å². The molecule has 1 heteroatoms. The van der Waals surface area contributed by atoms with Crippen LogP contribution < -0.4 is 4.90 Å². The van der Waals surface area contributed by atoms with Gasteiger partial charge in [0.1, 0.15) is 0 Å². The molecular formula is C54H55N. The van der Waals surface area contributed by atoms with Gasteiger partial charge in [0.15, 0.2) is 0 Å². The molecular weight excluding hydrogens is 663 g/mol. The Labute approximate surface area is 329 Å². The number of fused-ring (bicyclic) bond motifs is 11. The van der Waals surface area contributed by atoms with E-state index < -0.39 is 0 Å². The smallest absolute Gasteiger partial charge is 0.0467 e. The molecule has 6 aromatic rings. The minimum Gasteiger partial charge on any atom is -0.310 e. The minimum atomic E-state index is -0.0678. The van der Waals surface area contributed by atoms with Gasteiger partial charge in [0, 0.05) is 27.9 Å². The third-order valence-corrected chi connectivity index (χ3v) is 14.2. The lowest BCUT2D eigenvalue weighted by molar-refractivity contribution is 0.327. The molecule has 0 aromatic heterocycles. The monoisotopic (exact) mass is 717 g/mol. The van der Waals surface area contributed by atoms with E-state index >= 15 is 0 Å². The van der Waals surface area contributed by atoms with Crippen molar-refractivity contribution in [2.45, 2.75) is 103 Å². The highest BCUT2D eigenvalue weighted by atomic mass is 15.1. The zero-order valence-electron chi connectivity index (χ0n) is 34.1. The zero-order chi connectivity index (χ0) is 38.1. The van der Waals surface area contributed by atoms with Gasteiger partial charge >= 0.3 is 0 Å². The summed E-state index contributed by atoms with van der Waals surface area (Å²) < 4.78 is 0. The van der Waals surface area contributed by atoms with E-state index in [2.05, 4.69) is 188 Å². The molecule has 2 bridgehead atoms. The molecule has 4 aliphatic rings. The van der Waals surface area contributed by atoms with Crippen molar-refractivity contribution in [3.05, 3.63) is 161 Å². The summed E-state index contributed by atoms with van der Waals surface area (Å²) in [6.07, 6.45) is 5.40. The van der Waals surface area contributed by atoms with Crippen molar-refractivity contribution in [1.29, 1.82) is 0 Å². The second-order valence-corrected chi connectivity index (χ2v) is 19.9. The van der Waals surface area contributed by atoms with Crippen LogP contribution in [0.1, 0.15) is 114 Å². The highest BCUT2D eigenvalue weighted by Gasteiger charge is 2.56. The van der Waals surface area contributed by atoms with E-state index in [4.69, 9.17) is 0 Å². The molecule has 0 saturated heterocycles. The van der Waals surface area contributed by atoms with Crippen molar-refractivity contribution < 1.29 is 0 Å². The van der Waals surface area contributed by atoms with Gasteiger partial charge < -0.3 is 4.90 Å². The summed E-state index contributed by atoms with van der Waals surface area (Å²) >= 11 is 0. The predicted octanol–water partition coefficient (Wildman–Crippen LogP) is 14.8. The number of rotatable bonds is 4. The van der Waals surface area contributed by atoms with Gasteiger partial charge in [-0.25, -0.2) is 0 Å². The van der Waals surface area contributed by atoms with E-state index in [9.17, 15) is 0 Å². The van der Waals surface area contributed by atoms with E-state index in [-0.39, 0.29) is 21.7 Å². The van der Waals surface area contributed by atoms with Crippen molar-refractivity contribution >= 4 is 17.1 Å². The Morgan fingerprint density at radius 2 is 1.09 bits per heavy atom.